The molecule has 4 aromatic heterocycles. The Morgan fingerprint density at radius 2 is 2.00 bits per heavy atom. The van der Waals surface area contributed by atoms with E-state index in [4.69, 9.17) is 14.7 Å². The first-order chi connectivity index (χ1) is 14.0. The van der Waals surface area contributed by atoms with Crippen LogP contribution in [0.1, 0.15) is 13.0 Å². The van der Waals surface area contributed by atoms with Gasteiger partial charge in [0.05, 0.1) is 55.0 Å². The van der Waals surface area contributed by atoms with E-state index in [1.54, 1.807) is 61.6 Å². The van der Waals surface area contributed by atoms with E-state index in [1.165, 1.54) is 11.8 Å². The molecule has 0 aliphatic carbocycles. The standard InChI is InChI=1S/C20H18N6O3/c1-12(7-21)26-10-14(9-23-26)25-11-17-15(20(25)27)4-5-16(24-17)13-6-18(28-2)19(29-3)22-8-13/h4-6,8-12,27H,1-3H3/t12-/m1/s1. The van der Waals surface area contributed by atoms with Crippen LogP contribution in [0, 0.1) is 11.3 Å². The first kappa shape index (κ1) is 18.3. The summed E-state index contributed by atoms with van der Waals surface area (Å²) < 4.78 is 13.6. The summed E-state index contributed by atoms with van der Waals surface area (Å²) >= 11 is 0. The predicted molar refractivity (Wildman–Crippen MR) is 105 cm³/mol. The van der Waals surface area contributed by atoms with E-state index in [0.29, 0.717) is 33.9 Å². The monoisotopic (exact) mass is 390 g/mol. The van der Waals surface area contributed by atoms with E-state index in [0.717, 1.165) is 5.56 Å². The smallest absolute Gasteiger partial charge is 0.256 e. The molecule has 29 heavy (non-hydrogen) atoms. The number of pyridine rings is 2. The van der Waals surface area contributed by atoms with Crippen molar-refractivity contribution in [2.75, 3.05) is 14.2 Å². The number of fused-ring (bicyclic) bond motifs is 1. The Labute approximate surface area is 166 Å². The van der Waals surface area contributed by atoms with Crippen LogP contribution in [-0.4, -0.2) is 43.6 Å². The van der Waals surface area contributed by atoms with Crippen LogP contribution < -0.4 is 9.47 Å². The second kappa shape index (κ2) is 7.16. The molecule has 146 valence electrons. The van der Waals surface area contributed by atoms with Gasteiger partial charge in [-0.25, -0.2) is 9.97 Å². The van der Waals surface area contributed by atoms with Crippen LogP contribution in [0.15, 0.2) is 43.0 Å². The minimum absolute atomic E-state index is 0.0497. The number of methoxy groups -OCH3 is 2. The van der Waals surface area contributed by atoms with E-state index in [1.807, 2.05) is 0 Å². The van der Waals surface area contributed by atoms with Crippen molar-refractivity contribution in [1.82, 2.24) is 24.3 Å². The normalized spacial score (nSPS) is 11.9. The molecule has 9 heteroatoms. The minimum atomic E-state index is -0.404. The van der Waals surface area contributed by atoms with Gasteiger partial charge in [-0.1, -0.05) is 0 Å². The maximum atomic E-state index is 10.6. The van der Waals surface area contributed by atoms with Crippen molar-refractivity contribution in [3.05, 3.63) is 43.0 Å². The molecule has 4 aromatic rings. The van der Waals surface area contributed by atoms with Crippen molar-refractivity contribution in [1.29, 1.82) is 5.26 Å². The lowest BCUT2D eigenvalue weighted by Gasteiger charge is -2.08. The van der Waals surface area contributed by atoms with E-state index < -0.39 is 6.04 Å². The third-order valence-electron chi connectivity index (χ3n) is 4.62. The van der Waals surface area contributed by atoms with Crippen LogP contribution in [0.3, 0.4) is 0 Å². The van der Waals surface area contributed by atoms with Gasteiger partial charge in [-0.15, -0.1) is 0 Å². The molecule has 0 aromatic carbocycles. The molecule has 0 saturated carbocycles. The Hall–Kier alpha value is -4.06. The van der Waals surface area contributed by atoms with E-state index in [-0.39, 0.29) is 5.88 Å². The average Bonchev–Trinajstić information content (AvgIpc) is 3.37. The van der Waals surface area contributed by atoms with Crippen molar-refractivity contribution < 1.29 is 14.6 Å². The maximum absolute atomic E-state index is 10.6. The van der Waals surface area contributed by atoms with Gasteiger partial charge >= 0.3 is 0 Å². The van der Waals surface area contributed by atoms with Gasteiger partial charge in [0.2, 0.25) is 5.88 Å². The topological polar surface area (TPSA) is 111 Å². The lowest BCUT2D eigenvalue weighted by Crippen LogP contribution is -2.02. The molecule has 0 unspecified atom stereocenters. The zero-order chi connectivity index (χ0) is 20.5. The second-order valence-electron chi connectivity index (χ2n) is 6.37. The lowest BCUT2D eigenvalue weighted by molar-refractivity contribution is 0.343. The highest BCUT2D eigenvalue weighted by atomic mass is 16.5. The fourth-order valence-corrected chi connectivity index (χ4v) is 3.03. The molecule has 0 bridgehead atoms. The summed E-state index contributed by atoms with van der Waals surface area (Å²) in [6.45, 7) is 1.74. The molecule has 0 spiro atoms. The van der Waals surface area contributed by atoms with Crippen LogP contribution in [0.5, 0.6) is 17.5 Å². The third kappa shape index (κ3) is 3.10. The van der Waals surface area contributed by atoms with Crippen molar-refractivity contribution >= 4 is 10.9 Å². The van der Waals surface area contributed by atoms with Gasteiger partial charge in [-0.2, -0.15) is 10.4 Å². The highest BCUT2D eigenvalue weighted by molar-refractivity contribution is 5.87. The minimum Gasteiger partial charge on any atom is -0.494 e. The number of aromatic hydroxyl groups is 1. The van der Waals surface area contributed by atoms with E-state index in [2.05, 4.69) is 21.1 Å². The largest absolute Gasteiger partial charge is 0.494 e. The molecular weight excluding hydrogens is 372 g/mol. The Morgan fingerprint density at radius 3 is 2.72 bits per heavy atom. The lowest BCUT2D eigenvalue weighted by atomic mass is 10.1. The van der Waals surface area contributed by atoms with Gasteiger partial charge in [0.1, 0.15) is 6.04 Å². The zero-order valence-corrected chi connectivity index (χ0v) is 16.1. The van der Waals surface area contributed by atoms with Gasteiger partial charge in [0.15, 0.2) is 5.75 Å². The molecule has 0 fully saturated rings. The molecule has 4 rings (SSSR count). The van der Waals surface area contributed by atoms with Crippen LogP contribution in [-0.2, 0) is 0 Å². The molecule has 0 saturated heterocycles. The number of ether oxygens (including phenoxy) is 2. The highest BCUT2D eigenvalue weighted by Crippen LogP contribution is 2.33. The molecule has 0 aliphatic rings. The summed E-state index contributed by atoms with van der Waals surface area (Å²) in [6.07, 6.45) is 6.66. The summed E-state index contributed by atoms with van der Waals surface area (Å²) in [5.41, 5.74) is 2.68. The number of rotatable bonds is 5. The number of nitriles is 1. The first-order valence-corrected chi connectivity index (χ1v) is 8.79. The Morgan fingerprint density at radius 1 is 1.17 bits per heavy atom. The quantitative estimate of drug-likeness (QED) is 0.557. The Bertz CT molecular complexity index is 1240. The molecule has 1 atom stereocenters. The SMILES string of the molecule is COc1cc(-c2ccc3c(O)n(-c4cnn([C@H](C)C#N)c4)cc3n2)cnc1OC. The van der Waals surface area contributed by atoms with Gasteiger partial charge < -0.3 is 14.6 Å². The maximum Gasteiger partial charge on any atom is 0.256 e. The number of nitrogens with zero attached hydrogens (tertiary/aromatic N) is 6. The highest BCUT2D eigenvalue weighted by Gasteiger charge is 2.15. The van der Waals surface area contributed by atoms with Crippen LogP contribution in [0.4, 0.5) is 0 Å². The van der Waals surface area contributed by atoms with Gasteiger partial charge in [-0.05, 0) is 25.1 Å². The molecule has 4 heterocycles. The van der Waals surface area contributed by atoms with E-state index in [9.17, 15) is 5.11 Å². The summed E-state index contributed by atoms with van der Waals surface area (Å²) in [5, 5.41) is 24.5. The van der Waals surface area contributed by atoms with Crippen LogP contribution in [0.2, 0.25) is 0 Å². The fourth-order valence-electron chi connectivity index (χ4n) is 3.03. The average molecular weight is 390 g/mol. The number of aromatic nitrogens is 5. The fraction of sp³-hybridized carbons (Fsp3) is 0.200. The summed E-state index contributed by atoms with van der Waals surface area (Å²) in [7, 11) is 3.07. The van der Waals surface area contributed by atoms with Crippen LogP contribution in [0.25, 0.3) is 27.8 Å². The zero-order valence-electron chi connectivity index (χ0n) is 16.1. The second-order valence-corrected chi connectivity index (χ2v) is 6.37. The summed E-state index contributed by atoms with van der Waals surface area (Å²) in [4.78, 5) is 8.89. The van der Waals surface area contributed by atoms with Gasteiger partial charge in [0, 0.05) is 18.0 Å². The first-order valence-electron chi connectivity index (χ1n) is 8.79. The molecule has 9 nitrogen and oxygen atoms in total. The van der Waals surface area contributed by atoms with Crippen LogP contribution >= 0.6 is 0 Å². The van der Waals surface area contributed by atoms with E-state index >= 15 is 0 Å². The third-order valence-corrected chi connectivity index (χ3v) is 4.62. The summed E-state index contributed by atoms with van der Waals surface area (Å²) in [6, 6.07) is 7.11. The van der Waals surface area contributed by atoms with Crippen molar-refractivity contribution in [2.24, 2.45) is 0 Å². The van der Waals surface area contributed by atoms with Gasteiger partial charge in [0.25, 0.3) is 5.88 Å². The summed E-state index contributed by atoms with van der Waals surface area (Å²) in [5.74, 6) is 0.949. The molecule has 1 N–H and O–H groups in total. The van der Waals surface area contributed by atoms with Crippen molar-refractivity contribution in [3.63, 3.8) is 0 Å². The molecular formula is C20H18N6O3. The predicted octanol–water partition coefficient (Wildman–Crippen LogP) is 3.09. The Kier molecular flexibility index (Phi) is 4.52. The van der Waals surface area contributed by atoms with Crippen molar-refractivity contribution in [2.45, 2.75) is 13.0 Å². The number of hydrogen-bond acceptors (Lipinski definition) is 7. The number of hydrogen-bond donors (Lipinski definition) is 1. The Balaban J connectivity index is 1.76. The van der Waals surface area contributed by atoms with Gasteiger partial charge in [-0.3, -0.25) is 9.25 Å². The molecule has 0 aliphatic heterocycles. The molecule has 0 amide bonds. The van der Waals surface area contributed by atoms with Crippen molar-refractivity contribution in [3.8, 4) is 40.5 Å². The molecule has 0 radical (unpaired) electrons.